The van der Waals surface area contributed by atoms with Gasteiger partial charge in [-0.15, -0.1) is 11.3 Å². The van der Waals surface area contributed by atoms with Gasteiger partial charge in [0.1, 0.15) is 6.29 Å². The lowest BCUT2D eigenvalue weighted by atomic mass is 10.3. The molecule has 0 unspecified atom stereocenters. The number of allylic oxidation sites excluding steroid dienone is 1. The van der Waals surface area contributed by atoms with Crippen molar-refractivity contribution in [2.75, 3.05) is 0 Å². The first kappa shape index (κ1) is 9.20. The standard InChI is InChI=1S/C10H12OS/c1-3-9-4-5-10(12-9)6-8(2)7-11/h4-7H,3H2,1-2H3/b8-6+. The number of thiophene rings is 1. The van der Waals surface area contributed by atoms with Gasteiger partial charge in [-0.05, 0) is 37.1 Å². The minimum Gasteiger partial charge on any atom is -0.298 e. The number of carbonyl (C=O) groups excluding carboxylic acids is 1. The van der Waals surface area contributed by atoms with Gasteiger partial charge in [0.2, 0.25) is 0 Å². The van der Waals surface area contributed by atoms with E-state index < -0.39 is 0 Å². The summed E-state index contributed by atoms with van der Waals surface area (Å²) in [6.07, 6.45) is 3.86. The Morgan fingerprint density at radius 3 is 2.83 bits per heavy atom. The maximum Gasteiger partial charge on any atom is 0.145 e. The predicted octanol–water partition coefficient (Wildman–Crippen LogP) is 2.91. The summed E-state index contributed by atoms with van der Waals surface area (Å²) in [5.74, 6) is 0. The van der Waals surface area contributed by atoms with Crippen molar-refractivity contribution in [2.45, 2.75) is 20.3 Å². The first-order chi connectivity index (χ1) is 5.76. The number of rotatable bonds is 3. The molecule has 0 amide bonds. The molecule has 0 saturated carbocycles. The van der Waals surface area contributed by atoms with Gasteiger partial charge in [-0.3, -0.25) is 4.79 Å². The van der Waals surface area contributed by atoms with E-state index in [-0.39, 0.29) is 0 Å². The van der Waals surface area contributed by atoms with Crippen LogP contribution in [0.1, 0.15) is 23.6 Å². The maximum absolute atomic E-state index is 10.3. The Morgan fingerprint density at radius 1 is 1.58 bits per heavy atom. The molecule has 0 spiro atoms. The van der Waals surface area contributed by atoms with Gasteiger partial charge in [0, 0.05) is 9.75 Å². The minimum absolute atomic E-state index is 0.777. The Kier molecular flexibility index (Phi) is 3.23. The van der Waals surface area contributed by atoms with E-state index in [0.717, 1.165) is 23.2 Å². The van der Waals surface area contributed by atoms with Crippen molar-refractivity contribution in [2.24, 2.45) is 0 Å². The Morgan fingerprint density at radius 2 is 2.33 bits per heavy atom. The molecule has 1 aromatic rings. The molecule has 0 aliphatic rings. The first-order valence-corrected chi connectivity index (χ1v) is 4.80. The summed E-state index contributed by atoms with van der Waals surface area (Å²) in [5.41, 5.74) is 0.777. The SMILES string of the molecule is CCc1ccc(/C=C(\C)C=O)s1. The second-order valence-corrected chi connectivity index (χ2v) is 3.86. The minimum atomic E-state index is 0.777. The van der Waals surface area contributed by atoms with E-state index in [1.807, 2.05) is 13.0 Å². The van der Waals surface area contributed by atoms with Crippen molar-refractivity contribution in [1.29, 1.82) is 0 Å². The fraction of sp³-hybridized carbons (Fsp3) is 0.300. The Labute approximate surface area is 76.7 Å². The molecule has 0 fully saturated rings. The van der Waals surface area contributed by atoms with Crippen LogP contribution >= 0.6 is 11.3 Å². The lowest BCUT2D eigenvalue weighted by Crippen LogP contribution is -1.72. The largest absolute Gasteiger partial charge is 0.298 e. The number of aldehydes is 1. The van der Waals surface area contributed by atoms with Crippen LogP contribution in [0.25, 0.3) is 6.08 Å². The fourth-order valence-corrected chi connectivity index (χ4v) is 1.88. The predicted molar refractivity (Wildman–Crippen MR) is 53.4 cm³/mol. The molecule has 64 valence electrons. The molecule has 0 aliphatic heterocycles. The topological polar surface area (TPSA) is 17.1 Å². The molecule has 0 aliphatic carbocycles. The van der Waals surface area contributed by atoms with Gasteiger partial charge in [-0.1, -0.05) is 6.92 Å². The number of aryl methyl sites for hydroxylation is 1. The monoisotopic (exact) mass is 180 g/mol. The van der Waals surface area contributed by atoms with Crippen LogP contribution in [0.15, 0.2) is 17.7 Å². The molecule has 1 aromatic heterocycles. The van der Waals surface area contributed by atoms with Gasteiger partial charge in [0.25, 0.3) is 0 Å². The molecule has 0 N–H and O–H groups in total. The molecule has 0 atom stereocenters. The van der Waals surface area contributed by atoms with Crippen molar-refractivity contribution in [3.63, 3.8) is 0 Å². The van der Waals surface area contributed by atoms with Crippen LogP contribution in [0.2, 0.25) is 0 Å². The summed E-state index contributed by atoms with van der Waals surface area (Å²) in [6.45, 7) is 3.95. The average Bonchev–Trinajstić information content (AvgIpc) is 2.52. The Bertz CT molecular complexity index is 297. The zero-order chi connectivity index (χ0) is 8.97. The second-order valence-electron chi connectivity index (χ2n) is 2.66. The van der Waals surface area contributed by atoms with Gasteiger partial charge in [-0.25, -0.2) is 0 Å². The second kappa shape index (κ2) is 4.21. The smallest absolute Gasteiger partial charge is 0.145 e. The van der Waals surface area contributed by atoms with Crippen LogP contribution in [-0.4, -0.2) is 6.29 Å². The van der Waals surface area contributed by atoms with Crippen molar-refractivity contribution in [1.82, 2.24) is 0 Å². The zero-order valence-electron chi connectivity index (χ0n) is 7.33. The summed E-state index contributed by atoms with van der Waals surface area (Å²) in [7, 11) is 0. The highest BCUT2D eigenvalue weighted by Crippen LogP contribution is 2.19. The molecule has 1 rings (SSSR count). The van der Waals surface area contributed by atoms with Crippen molar-refractivity contribution in [3.8, 4) is 0 Å². The molecule has 1 heterocycles. The van der Waals surface area contributed by atoms with Crippen LogP contribution in [0.3, 0.4) is 0 Å². The van der Waals surface area contributed by atoms with E-state index in [4.69, 9.17) is 0 Å². The third-order valence-corrected chi connectivity index (χ3v) is 2.76. The maximum atomic E-state index is 10.3. The van der Waals surface area contributed by atoms with Crippen molar-refractivity contribution >= 4 is 23.7 Å². The average molecular weight is 180 g/mol. The Balaban J connectivity index is 2.82. The first-order valence-electron chi connectivity index (χ1n) is 3.98. The van der Waals surface area contributed by atoms with E-state index in [9.17, 15) is 4.79 Å². The van der Waals surface area contributed by atoms with Gasteiger partial charge in [-0.2, -0.15) is 0 Å². The third kappa shape index (κ3) is 2.31. The summed E-state index contributed by atoms with van der Waals surface area (Å²) in [6, 6.07) is 4.16. The van der Waals surface area contributed by atoms with E-state index in [0.29, 0.717) is 0 Å². The van der Waals surface area contributed by atoms with E-state index in [1.165, 1.54) is 4.88 Å². The van der Waals surface area contributed by atoms with Gasteiger partial charge in [0.05, 0.1) is 0 Å². The van der Waals surface area contributed by atoms with Gasteiger partial charge < -0.3 is 0 Å². The van der Waals surface area contributed by atoms with Crippen LogP contribution < -0.4 is 0 Å². The zero-order valence-corrected chi connectivity index (χ0v) is 8.15. The van der Waals surface area contributed by atoms with E-state index >= 15 is 0 Å². The van der Waals surface area contributed by atoms with E-state index in [2.05, 4.69) is 19.1 Å². The third-order valence-electron chi connectivity index (χ3n) is 1.59. The van der Waals surface area contributed by atoms with Crippen molar-refractivity contribution < 1.29 is 4.79 Å². The summed E-state index contributed by atoms with van der Waals surface area (Å²) in [4.78, 5) is 12.8. The molecule has 12 heavy (non-hydrogen) atoms. The molecule has 0 aromatic carbocycles. The summed E-state index contributed by atoms with van der Waals surface area (Å²) in [5, 5.41) is 0. The highest BCUT2D eigenvalue weighted by atomic mass is 32.1. The van der Waals surface area contributed by atoms with E-state index in [1.54, 1.807) is 11.3 Å². The lowest BCUT2D eigenvalue weighted by molar-refractivity contribution is -0.104. The number of carbonyl (C=O) groups is 1. The lowest BCUT2D eigenvalue weighted by Gasteiger charge is -1.86. The molecular formula is C10H12OS. The molecule has 1 nitrogen and oxygen atoms in total. The normalized spacial score (nSPS) is 11.7. The van der Waals surface area contributed by atoms with Crippen LogP contribution in [0.4, 0.5) is 0 Å². The van der Waals surface area contributed by atoms with Gasteiger partial charge >= 0.3 is 0 Å². The highest BCUT2D eigenvalue weighted by molar-refractivity contribution is 7.12. The molecule has 0 saturated heterocycles. The molecule has 0 radical (unpaired) electrons. The van der Waals surface area contributed by atoms with Crippen molar-refractivity contribution in [3.05, 3.63) is 27.5 Å². The molecule has 2 heteroatoms. The van der Waals surface area contributed by atoms with Crippen LogP contribution in [0.5, 0.6) is 0 Å². The summed E-state index contributed by atoms with van der Waals surface area (Å²) < 4.78 is 0. The fourth-order valence-electron chi connectivity index (χ4n) is 0.921. The molecular weight excluding hydrogens is 168 g/mol. The quantitative estimate of drug-likeness (QED) is 0.516. The summed E-state index contributed by atoms with van der Waals surface area (Å²) >= 11 is 1.74. The highest BCUT2D eigenvalue weighted by Gasteiger charge is 1.95. The molecule has 0 bridgehead atoms. The van der Waals surface area contributed by atoms with Gasteiger partial charge in [0.15, 0.2) is 0 Å². The number of hydrogen-bond acceptors (Lipinski definition) is 2. The Hall–Kier alpha value is -0.890. The number of hydrogen-bond donors (Lipinski definition) is 0. The van der Waals surface area contributed by atoms with Crippen LogP contribution in [0, 0.1) is 0 Å². The van der Waals surface area contributed by atoms with Crippen LogP contribution in [-0.2, 0) is 11.2 Å².